The molecule has 0 unspecified atom stereocenters. The number of aryl methyl sites for hydroxylation is 1. The van der Waals surface area contributed by atoms with Crippen molar-refractivity contribution in [2.75, 3.05) is 16.8 Å². The standard InChI is InChI=1S/C22H25FN2O2/c1-14(2)22(27)25-12-4-5-17-13-16(6-11-20(17)25)15(3)21(26)24-19-9-7-18(23)8-10-19/h6-11,13-15H,4-5,12H2,1-3H3,(H,24,26)/t15-/m0/s1. The fourth-order valence-corrected chi connectivity index (χ4v) is 3.36. The lowest BCUT2D eigenvalue weighted by Crippen LogP contribution is -2.38. The van der Waals surface area contributed by atoms with Crippen molar-refractivity contribution >= 4 is 23.2 Å². The molecule has 0 fully saturated rings. The number of nitrogens with zero attached hydrogens (tertiary/aromatic N) is 1. The zero-order valence-corrected chi connectivity index (χ0v) is 16.0. The van der Waals surface area contributed by atoms with Crippen molar-refractivity contribution in [3.63, 3.8) is 0 Å². The van der Waals surface area contributed by atoms with Gasteiger partial charge in [0.2, 0.25) is 11.8 Å². The van der Waals surface area contributed by atoms with Crippen molar-refractivity contribution in [2.24, 2.45) is 5.92 Å². The Labute approximate surface area is 159 Å². The summed E-state index contributed by atoms with van der Waals surface area (Å²) in [5.41, 5.74) is 3.54. The first kappa shape index (κ1) is 19.1. The highest BCUT2D eigenvalue weighted by atomic mass is 19.1. The molecule has 1 atom stereocenters. The van der Waals surface area contributed by atoms with Crippen LogP contribution in [-0.4, -0.2) is 18.4 Å². The summed E-state index contributed by atoms with van der Waals surface area (Å²) in [6.45, 7) is 6.41. The molecule has 1 heterocycles. The monoisotopic (exact) mass is 368 g/mol. The van der Waals surface area contributed by atoms with Gasteiger partial charge >= 0.3 is 0 Å². The SMILES string of the molecule is CC(C)C(=O)N1CCCc2cc([C@H](C)C(=O)Nc3ccc(F)cc3)ccc21. The number of halogens is 1. The average Bonchev–Trinajstić information content (AvgIpc) is 2.67. The second-order valence-electron chi connectivity index (χ2n) is 7.35. The van der Waals surface area contributed by atoms with Crippen molar-refractivity contribution in [1.82, 2.24) is 0 Å². The maximum absolute atomic E-state index is 13.0. The number of anilines is 2. The van der Waals surface area contributed by atoms with E-state index in [9.17, 15) is 14.0 Å². The van der Waals surface area contributed by atoms with Crippen LogP contribution in [0.2, 0.25) is 0 Å². The number of carbonyl (C=O) groups is 2. The number of hydrogen-bond acceptors (Lipinski definition) is 2. The van der Waals surface area contributed by atoms with E-state index in [1.165, 1.54) is 12.1 Å². The summed E-state index contributed by atoms with van der Waals surface area (Å²) in [6, 6.07) is 11.6. The minimum absolute atomic E-state index is 0.0453. The van der Waals surface area contributed by atoms with Gasteiger partial charge in [-0.15, -0.1) is 0 Å². The van der Waals surface area contributed by atoms with Crippen LogP contribution in [0.4, 0.5) is 15.8 Å². The molecule has 0 spiro atoms. The van der Waals surface area contributed by atoms with E-state index in [0.29, 0.717) is 5.69 Å². The topological polar surface area (TPSA) is 49.4 Å². The molecule has 2 aromatic carbocycles. The molecular formula is C22H25FN2O2. The Morgan fingerprint density at radius 2 is 1.78 bits per heavy atom. The van der Waals surface area contributed by atoms with Crippen LogP contribution in [0, 0.1) is 11.7 Å². The van der Waals surface area contributed by atoms with E-state index < -0.39 is 0 Å². The third-order valence-electron chi connectivity index (χ3n) is 4.99. The predicted octanol–water partition coefficient (Wildman–Crippen LogP) is 4.50. The second kappa shape index (κ2) is 7.91. The molecule has 27 heavy (non-hydrogen) atoms. The zero-order chi connectivity index (χ0) is 19.6. The minimum Gasteiger partial charge on any atom is -0.326 e. The summed E-state index contributed by atoms with van der Waals surface area (Å²) in [5, 5.41) is 2.82. The second-order valence-corrected chi connectivity index (χ2v) is 7.35. The Morgan fingerprint density at radius 3 is 2.44 bits per heavy atom. The van der Waals surface area contributed by atoms with Crippen LogP contribution in [-0.2, 0) is 16.0 Å². The maximum atomic E-state index is 13.0. The van der Waals surface area contributed by atoms with Gasteiger partial charge in [0, 0.05) is 23.8 Å². The van der Waals surface area contributed by atoms with E-state index in [0.717, 1.165) is 36.2 Å². The number of benzene rings is 2. The summed E-state index contributed by atoms with van der Waals surface area (Å²) < 4.78 is 13.0. The van der Waals surface area contributed by atoms with Gasteiger partial charge < -0.3 is 10.2 Å². The van der Waals surface area contributed by atoms with Gasteiger partial charge in [-0.05, 0) is 61.2 Å². The molecule has 0 aliphatic carbocycles. The Hall–Kier alpha value is -2.69. The van der Waals surface area contributed by atoms with Crippen LogP contribution in [0.25, 0.3) is 0 Å². The summed E-state index contributed by atoms with van der Waals surface area (Å²) in [6.07, 6.45) is 1.82. The highest BCUT2D eigenvalue weighted by molar-refractivity contribution is 5.97. The molecule has 0 aromatic heterocycles. The average molecular weight is 368 g/mol. The van der Waals surface area contributed by atoms with Gasteiger partial charge in [0.15, 0.2) is 0 Å². The highest BCUT2D eigenvalue weighted by Crippen LogP contribution is 2.31. The number of hydrogen-bond donors (Lipinski definition) is 1. The Kier molecular flexibility index (Phi) is 5.59. The smallest absolute Gasteiger partial charge is 0.231 e. The van der Waals surface area contributed by atoms with Crippen LogP contribution in [0.1, 0.15) is 44.2 Å². The number of fused-ring (bicyclic) bond motifs is 1. The normalized spacial score (nSPS) is 14.6. The molecule has 2 amide bonds. The molecule has 1 aliphatic rings. The molecule has 1 N–H and O–H groups in total. The largest absolute Gasteiger partial charge is 0.326 e. The van der Waals surface area contributed by atoms with Crippen molar-refractivity contribution < 1.29 is 14.0 Å². The first-order chi connectivity index (χ1) is 12.9. The number of rotatable bonds is 4. The number of amides is 2. The van der Waals surface area contributed by atoms with Crippen molar-refractivity contribution in [2.45, 2.75) is 39.5 Å². The van der Waals surface area contributed by atoms with Crippen molar-refractivity contribution in [1.29, 1.82) is 0 Å². The molecule has 5 heteroatoms. The van der Waals surface area contributed by atoms with Gasteiger partial charge in [0.25, 0.3) is 0 Å². The number of nitrogens with one attached hydrogen (secondary N) is 1. The van der Waals surface area contributed by atoms with Crippen LogP contribution >= 0.6 is 0 Å². The van der Waals surface area contributed by atoms with Gasteiger partial charge in [-0.3, -0.25) is 9.59 Å². The first-order valence-electron chi connectivity index (χ1n) is 9.37. The molecule has 142 valence electrons. The fraction of sp³-hybridized carbons (Fsp3) is 0.364. The van der Waals surface area contributed by atoms with Crippen LogP contribution in [0.15, 0.2) is 42.5 Å². The lowest BCUT2D eigenvalue weighted by Gasteiger charge is -2.31. The highest BCUT2D eigenvalue weighted by Gasteiger charge is 2.25. The predicted molar refractivity (Wildman–Crippen MR) is 105 cm³/mol. The maximum Gasteiger partial charge on any atom is 0.231 e. The Morgan fingerprint density at radius 1 is 1.07 bits per heavy atom. The zero-order valence-electron chi connectivity index (χ0n) is 16.0. The molecule has 0 radical (unpaired) electrons. The van der Waals surface area contributed by atoms with E-state index in [4.69, 9.17) is 0 Å². The van der Waals surface area contributed by atoms with Gasteiger partial charge in [0.1, 0.15) is 5.82 Å². The molecule has 1 aliphatic heterocycles. The number of carbonyl (C=O) groups excluding carboxylic acids is 2. The van der Waals surface area contributed by atoms with Gasteiger partial charge in [-0.2, -0.15) is 0 Å². The van der Waals surface area contributed by atoms with E-state index in [-0.39, 0.29) is 29.5 Å². The molecule has 0 bridgehead atoms. The van der Waals surface area contributed by atoms with Crippen molar-refractivity contribution in [3.8, 4) is 0 Å². The van der Waals surface area contributed by atoms with Gasteiger partial charge in [0.05, 0.1) is 5.92 Å². The van der Waals surface area contributed by atoms with Crippen LogP contribution in [0.3, 0.4) is 0 Å². The molecule has 0 saturated heterocycles. The third-order valence-corrected chi connectivity index (χ3v) is 4.99. The van der Waals surface area contributed by atoms with Crippen LogP contribution in [0.5, 0.6) is 0 Å². The first-order valence-corrected chi connectivity index (χ1v) is 9.37. The lowest BCUT2D eigenvalue weighted by atomic mass is 9.93. The van der Waals surface area contributed by atoms with E-state index in [2.05, 4.69) is 5.32 Å². The third kappa shape index (κ3) is 4.18. The summed E-state index contributed by atoms with van der Waals surface area (Å²) in [7, 11) is 0. The van der Waals surface area contributed by atoms with Crippen LogP contribution < -0.4 is 10.2 Å². The quantitative estimate of drug-likeness (QED) is 0.864. The molecule has 4 nitrogen and oxygen atoms in total. The van der Waals surface area contributed by atoms with E-state index in [1.807, 2.05) is 43.9 Å². The Bertz CT molecular complexity index is 846. The molecule has 2 aromatic rings. The molecular weight excluding hydrogens is 343 g/mol. The summed E-state index contributed by atoms with van der Waals surface area (Å²) in [5.74, 6) is -0.748. The summed E-state index contributed by atoms with van der Waals surface area (Å²) in [4.78, 5) is 26.9. The molecule has 0 saturated carbocycles. The van der Waals surface area contributed by atoms with E-state index >= 15 is 0 Å². The Balaban J connectivity index is 1.78. The van der Waals surface area contributed by atoms with Crippen molar-refractivity contribution in [3.05, 3.63) is 59.4 Å². The summed E-state index contributed by atoms with van der Waals surface area (Å²) >= 11 is 0. The minimum atomic E-state index is -0.350. The fourth-order valence-electron chi connectivity index (χ4n) is 3.36. The van der Waals surface area contributed by atoms with E-state index in [1.54, 1.807) is 12.1 Å². The van der Waals surface area contributed by atoms with Gasteiger partial charge in [-0.1, -0.05) is 26.0 Å². The lowest BCUT2D eigenvalue weighted by molar-refractivity contribution is -0.121. The molecule has 3 rings (SSSR count). The van der Waals surface area contributed by atoms with Gasteiger partial charge in [-0.25, -0.2) is 4.39 Å².